The first-order valence-corrected chi connectivity index (χ1v) is 11.0. The first kappa shape index (κ1) is 8.03. The van der Waals surface area contributed by atoms with Gasteiger partial charge in [0.15, 0.2) is 0 Å². The molecule has 0 unspecified atom stereocenters. The fraction of sp³-hybridized carbons (Fsp3) is 0. The first-order valence-electron chi connectivity index (χ1n) is 24.0. The quantitative estimate of drug-likeness (QED) is 0.207. The molecule has 7 rings (SSSR count). The molecule has 0 saturated carbocycles. The molecular weight excluding hydrogens is 456 g/mol. The predicted molar refractivity (Wildman–Crippen MR) is 163 cm³/mol. The topological polar surface area (TPSA) is 0 Å². The van der Waals surface area contributed by atoms with E-state index in [9.17, 15) is 9.60 Å². The minimum absolute atomic E-state index is 0.746. The van der Waals surface area contributed by atoms with Crippen molar-refractivity contribution in [2.24, 2.45) is 0 Å². The lowest BCUT2D eigenvalue weighted by Gasteiger charge is -2.19. The van der Waals surface area contributed by atoms with E-state index >= 15 is 0 Å². The van der Waals surface area contributed by atoms with Crippen LogP contribution in [-0.4, -0.2) is 0 Å². The van der Waals surface area contributed by atoms with Crippen LogP contribution >= 0.6 is 0 Å². The van der Waals surface area contributed by atoms with Crippen LogP contribution in [0.3, 0.4) is 0 Å². The van der Waals surface area contributed by atoms with Gasteiger partial charge in [0.25, 0.3) is 0 Å². The summed E-state index contributed by atoms with van der Waals surface area (Å²) in [6, 6.07) is -25.6. The van der Waals surface area contributed by atoms with Crippen molar-refractivity contribution < 1.29 is 35.6 Å². The highest BCUT2D eigenvalue weighted by Gasteiger charge is 2.17. The third-order valence-corrected chi connectivity index (χ3v) is 5.62. The molecule has 0 N–H and O–H groups in total. The van der Waals surface area contributed by atoms with Crippen LogP contribution in [0.2, 0.25) is 0 Å². The molecule has 0 heterocycles. The van der Waals surface area contributed by atoms with Gasteiger partial charge in [0, 0.05) is 0 Å². The fourth-order valence-corrected chi connectivity index (χ4v) is 4.06. The minimum atomic E-state index is -1.08. The minimum Gasteiger partial charge on any atom is -0.0622 e. The lowest BCUT2D eigenvalue weighted by Crippen LogP contribution is -1.92. The molecule has 38 heavy (non-hydrogen) atoms. The smallest absolute Gasteiger partial charge is 0.0622 e. The second-order valence-corrected chi connectivity index (χ2v) is 7.75. The van der Waals surface area contributed by atoms with E-state index in [1.165, 1.54) is 0 Å². The van der Waals surface area contributed by atoms with Crippen LogP contribution in [0.5, 0.6) is 0 Å². The monoisotopic (exact) mass is 508 g/mol. The van der Waals surface area contributed by atoms with Crippen LogP contribution in [0.4, 0.5) is 0 Å². The Bertz CT molecular complexity index is 3250. The molecule has 7 aromatic carbocycles. The Morgan fingerprint density at radius 1 is 0.263 bits per heavy atom. The summed E-state index contributed by atoms with van der Waals surface area (Å²) in [5, 5.41) is -3.15. The van der Waals surface area contributed by atoms with Crippen LogP contribution in [-0.2, 0) is 0 Å². The van der Waals surface area contributed by atoms with Gasteiger partial charge in [-0.3, -0.25) is 0 Å². The lowest BCUT2D eigenvalue weighted by molar-refractivity contribution is 1.60. The number of fused-ring (bicyclic) bond motifs is 2. The largest absolute Gasteiger partial charge is 0.0636 e. The molecule has 0 fully saturated rings. The van der Waals surface area contributed by atoms with Gasteiger partial charge in [0.1, 0.15) is 0 Å². The summed E-state index contributed by atoms with van der Waals surface area (Å²) >= 11 is 0. The summed E-state index contributed by atoms with van der Waals surface area (Å²) in [6.45, 7) is 0. The van der Waals surface area contributed by atoms with Gasteiger partial charge in [-0.15, -0.1) is 0 Å². The van der Waals surface area contributed by atoms with Gasteiger partial charge in [-0.2, -0.15) is 0 Å². The number of rotatable bonds is 4. The number of benzene rings is 7. The maximum Gasteiger partial charge on any atom is 0.0636 e. The molecule has 0 spiro atoms. The molecule has 0 aromatic heterocycles. The molecular formula is C38H26. The van der Waals surface area contributed by atoms with Crippen LogP contribution in [0.25, 0.3) is 66.1 Å². The zero-order valence-electron chi connectivity index (χ0n) is 45.0. The SMILES string of the molecule is [2H]c1c([2H])c([2H])c(-c2c([2H])c([2H])c([2H])c(-c3c4c([2H])c([2H])c([2H])c([2H])c4c(-c4c([2H])c([2H])c([2H])c([2H])c4[2H])c4c([2H])c([2H])c(-c5c([2H])c([2H])c([2H])c([2H])c5[2H])c([2H])c34)c2[2H])c([2H])c1[2H]. The zero-order chi connectivity index (χ0) is 47.9. The van der Waals surface area contributed by atoms with Crippen molar-refractivity contribution in [2.45, 2.75) is 0 Å². The Kier molecular flexibility index (Phi) is 2.01. The molecule has 0 heteroatoms. The molecule has 0 nitrogen and oxygen atoms in total. The molecule has 0 aliphatic carbocycles. The fourth-order valence-electron chi connectivity index (χ4n) is 4.06. The van der Waals surface area contributed by atoms with Crippen LogP contribution in [0.1, 0.15) is 35.6 Å². The summed E-state index contributed by atoms with van der Waals surface area (Å²) in [6.07, 6.45) is 0. The maximum atomic E-state index is 9.81. The molecule has 0 aliphatic heterocycles. The molecule has 0 atom stereocenters. The Morgan fingerprint density at radius 3 is 1.29 bits per heavy atom. The molecule has 0 aliphatic rings. The van der Waals surface area contributed by atoms with Gasteiger partial charge in [-0.1, -0.05) is 145 Å². The van der Waals surface area contributed by atoms with Crippen molar-refractivity contribution in [3.8, 4) is 44.5 Å². The van der Waals surface area contributed by atoms with Gasteiger partial charge >= 0.3 is 0 Å². The Morgan fingerprint density at radius 2 is 0.684 bits per heavy atom. The van der Waals surface area contributed by atoms with E-state index in [-0.39, 0.29) is 0 Å². The van der Waals surface area contributed by atoms with Crippen molar-refractivity contribution in [3.63, 3.8) is 0 Å². The molecule has 0 amide bonds. The van der Waals surface area contributed by atoms with Gasteiger partial charge < -0.3 is 0 Å². The second kappa shape index (κ2) is 9.50. The third kappa shape index (κ3) is 3.88. The number of hydrogen-bond donors (Lipinski definition) is 0. The highest BCUT2D eigenvalue weighted by atomic mass is 14.2. The van der Waals surface area contributed by atoms with Gasteiger partial charge in [-0.05, 0) is 78.1 Å². The van der Waals surface area contributed by atoms with Crippen molar-refractivity contribution in [2.75, 3.05) is 0 Å². The van der Waals surface area contributed by atoms with E-state index in [0.29, 0.717) is 0 Å². The molecule has 0 radical (unpaired) electrons. The summed E-state index contributed by atoms with van der Waals surface area (Å²) in [7, 11) is 0. The third-order valence-electron chi connectivity index (χ3n) is 5.62. The second-order valence-electron chi connectivity index (χ2n) is 7.75. The van der Waals surface area contributed by atoms with Crippen LogP contribution in [0, 0.1) is 0 Å². The van der Waals surface area contributed by atoms with E-state index in [1.807, 2.05) is 0 Å². The maximum absolute atomic E-state index is 9.81. The van der Waals surface area contributed by atoms with Crippen LogP contribution in [0.15, 0.2) is 157 Å². The summed E-state index contributed by atoms with van der Waals surface area (Å²) in [5.74, 6) is 0. The Balaban J connectivity index is 1.95. The highest BCUT2D eigenvalue weighted by Crippen LogP contribution is 2.45. The normalized spacial score (nSPS) is 20.7. The van der Waals surface area contributed by atoms with E-state index < -0.39 is 223 Å². The molecule has 7 aromatic rings. The zero-order valence-corrected chi connectivity index (χ0v) is 19.0. The molecule has 178 valence electrons. The van der Waals surface area contributed by atoms with Crippen molar-refractivity contribution in [1.82, 2.24) is 0 Å². The van der Waals surface area contributed by atoms with Gasteiger partial charge in [0.2, 0.25) is 0 Å². The molecule has 0 bridgehead atoms. The first-order chi connectivity index (χ1) is 29.7. The van der Waals surface area contributed by atoms with Gasteiger partial charge in [-0.25, -0.2) is 0 Å². The van der Waals surface area contributed by atoms with E-state index in [2.05, 4.69) is 0 Å². The standard InChI is InChI=1S/C38H26/c1-4-13-27(14-5-1)30-19-12-20-32(25-30)38-34-22-11-10-21-33(34)37(29-17-8-3-9-18-29)35-24-23-31(26-36(35)38)28-15-6-2-7-16-28/h1-26H/i1D,2D,3D,4D,5D,6D,7D,8D,9D,10D,11D,12D,13D,14D,15D,16D,17D,18D,19D,20D,21D,22D,23D,24D,25D,26D. The van der Waals surface area contributed by atoms with Gasteiger partial charge in [0.05, 0.1) is 35.6 Å². The highest BCUT2D eigenvalue weighted by molar-refractivity contribution is 6.22. The van der Waals surface area contributed by atoms with Crippen molar-refractivity contribution >= 4 is 21.5 Å². The average Bonchev–Trinajstić information content (AvgIpc) is 3.26. The summed E-state index contributed by atoms with van der Waals surface area (Å²) in [5.41, 5.74) is -6.63. The van der Waals surface area contributed by atoms with Crippen molar-refractivity contribution in [1.29, 1.82) is 0 Å². The van der Waals surface area contributed by atoms with Crippen molar-refractivity contribution in [3.05, 3.63) is 157 Å². The molecule has 0 saturated heterocycles. The summed E-state index contributed by atoms with van der Waals surface area (Å²) < 4.78 is 229. The Hall–Kier alpha value is -4.94. The average molecular weight is 509 g/mol. The van der Waals surface area contributed by atoms with E-state index in [4.69, 9.17) is 26.0 Å². The summed E-state index contributed by atoms with van der Waals surface area (Å²) in [4.78, 5) is 0. The number of hydrogen-bond acceptors (Lipinski definition) is 0. The van der Waals surface area contributed by atoms with Crippen LogP contribution < -0.4 is 0 Å². The predicted octanol–water partition coefficient (Wildman–Crippen LogP) is 10.7. The van der Waals surface area contributed by atoms with E-state index in [0.717, 1.165) is 0 Å². The van der Waals surface area contributed by atoms with E-state index in [1.54, 1.807) is 0 Å². The Labute approximate surface area is 260 Å². The lowest BCUT2D eigenvalue weighted by atomic mass is 9.84.